The molecule has 1 aliphatic carbocycles. The van der Waals surface area contributed by atoms with E-state index in [9.17, 15) is 13.2 Å². The van der Waals surface area contributed by atoms with E-state index >= 15 is 4.39 Å². The van der Waals surface area contributed by atoms with Gasteiger partial charge in [0, 0.05) is 50.5 Å². The zero-order valence-electron chi connectivity index (χ0n) is 23.1. The number of hydrogen-bond donors (Lipinski definition) is 1. The molecule has 1 unspecified atom stereocenters. The second-order valence-corrected chi connectivity index (χ2v) is 10.6. The third-order valence-corrected chi connectivity index (χ3v) is 7.86. The van der Waals surface area contributed by atoms with E-state index in [-0.39, 0.29) is 22.2 Å². The van der Waals surface area contributed by atoms with Crippen LogP contribution in [-0.2, 0) is 6.18 Å². The minimum absolute atomic E-state index is 0.0749. The zero-order valence-corrected chi connectivity index (χ0v) is 23.8. The molecule has 0 bridgehead atoms. The molecular weight excluding hydrogens is 546 g/mol. The molecule has 1 N–H and O–H groups in total. The molecule has 2 heterocycles. The van der Waals surface area contributed by atoms with Crippen molar-refractivity contribution in [2.75, 3.05) is 45.2 Å². The van der Waals surface area contributed by atoms with Crippen LogP contribution in [0.2, 0.25) is 5.02 Å². The minimum Gasteiger partial charge on any atom is -0.360 e. The van der Waals surface area contributed by atoms with E-state index in [2.05, 4.69) is 15.2 Å². The predicted molar refractivity (Wildman–Crippen MR) is 152 cm³/mol. The largest absolute Gasteiger partial charge is 0.419 e. The Bertz CT molecular complexity index is 1210. The highest BCUT2D eigenvalue weighted by Gasteiger charge is 2.36. The number of aliphatic imine (C=N–C) groups is 2. The van der Waals surface area contributed by atoms with Gasteiger partial charge in [0.05, 0.1) is 11.1 Å². The van der Waals surface area contributed by atoms with Crippen molar-refractivity contribution in [3.05, 3.63) is 58.5 Å². The van der Waals surface area contributed by atoms with Crippen LogP contribution in [0.15, 0.2) is 46.5 Å². The molecule has 7 nitrogen and oxygen atoms in total. The molecule has 2 aromatic rings. The molecule has 0 radical (unpaired) electrons. The lowest BCUT2D eigenvalue weighted by atomic mass is 9.94. The zero-order chi connectivity index (χ0) is 28.9. The van der Waals surface area contributed by atoms with E-state index in [0.29, 0.717) is 32.2 Å². The molecule has 0 spiro atoms. The number of anilines is 1. The third kappa shape index (κ3) is 7.30. The first kappa shape index (κ1) is 30.2. The van der Waals surface area contributed by atoms with Gasteiger partial charge in [-0.3, -0.25) is 10.2 Å². The van der Waals surface area contributed by atoms with Crippen molar-refractivity contribution >= 4 is 29.1 Å². The first-order chi connectivity index (χ1) is 19.1. The summed E-state index contributed by atoms with van der Waals surface area (Å²) in [6.07, 6.45) is 2.05. The summed E-state index contributed by atoms with van der Waals surface area (Å²) in [5.74, 6) is 0.348. The normalized spacial score (nSPS) is 19.1. The molecule has 1 aliphatic heterocycles. The maximum Gasteiger partial charge on any atom is 0.419 e. The van der Waals surface area contributed by atoms with E-state index in [1.165, 1.54) is 37.6 Å². The van der Waals surface area contributed by atoms with E-state index in [4.69, 9.17) is 21.6 Å². The summed E-state index contributed by atoms with van der Waals surface area (Å²) in [4.78, 5) is 19.4. The fraction of sp³-hybridized carbons (Fsp3) is 0.536. The highest BCUT2D eigenvalue weighted by atomic mass is 35.5. The van der Waals surface area contributed by atoms with E-state index in [0.717, 1.165) is 24.7 Å². The van der Waals surface area contributed by atoms with Crippen molar-refractivity contribution < 1.29 is 17.6 Å². The number of piperazine rings is 1. The molecule has 12 heteroatoms. The summed E-state index contributed by atoms with van der Waals surface area (Å²) in [5, 5.41) is 3.42. The summed E-state index contributed by atoms with van der Waals surface area (Å²) in [6.45, 7) is 3.39. The first-order valence-corrected chi connectivity index (χ1v) is 14.0. The van der Waals surface area contributed by atoms with Gasteiger partial charge in [0.2, 0.25) is 0 Å². The third-order valence-electron chi connectivity index (χ3n) is 7.63. The van der Waals surface area contributed by atoms with Gasteiger partial charge in [0.25, 0.3) is 0 Å². The van der Waals surface area contributed by atoms with Gasteiger partial charge in [-0.2, -0.15) is 13.2 Å². The highest BCUT2D eigenvalue weighted by Crippen LogP contribution is 2.35. The van der Waals surface area contributed by atoms with E-state index in [1.54, 1.807) is 24.1 Å². The van der Waals surface area contributed by atoms with Crippen molar-refractivity contribution in [2.45, 2.75) is 57.5 Å². The van der Waals surface area contributed by atoms with Crippen molar-refractivity contribution in [3.63, 3.8) is 0 Å². The van der Waals surface area contributed by atoms with Crippen LogP contribution in [0.25, 0.3) is 0 Å². The fourth-order valence-corrected chi connectivity index (χ4v) is 5.45. The number of alkyl halides is 3. The Morgan fingerprint density at radius 2 is 1.82 bits per heavy atom. The Morgan fingerprint density at radius 3 is 2.45 bits per heavy atom. The number of hydrogen-bond acceptors (Lipinski definition) is 5. The van der Waals surface area contributed by atoms with Crippen LogP contribution in [0.5, 0.6) is 0 Å². The molecule has 1 saturated heterocycles. The molecule has 0 amide bonds. The van der Waals surface area contributed by atoms with Crippen LogP contribution in [0.1, 0.15) is 50.2 Å². The molecule has 1 aromatic heterocycles. The molecule has 40 heavy (non-hydrogen) atoms. The Labute approximate surface area is 237 Å². The van der Waals surface area contributed by atoms with Crippen molar-refractivity contribution in [2.24, 2.45) is 9.98 Å². The number of pyridine rings is 1. The Kier molecular flexibility index (Phi) is 10.0. The number of aromatic nitrogens is 1. The lowest BCUT2D eigenvalue weighted by molar-refractivity contribution is -0.137. The number of nitrogens with zero attached hydrogens (tertiary/aromatic N) is 6. The summed E-state index contributed by atoms with van der Waals surface area (Å²) in [5.41, 5.74) is -0.526. The standard InChI is InChI=1S/C28H36ClF4N7/c1-19(38(3)21-8-5-4-6-9-21)36-25(22-12-11-20(29)18-24(22)30)37-27(34-2)40-16-14-39(15-17-40)26-23(28(31,32)33)10-7-13-35-26/h7,10-13,18,21,27,34H,4-6,8-9,14-17H2,1-3H3/b36-19?,37-25-. The summed E-state index contributed by atoms with van der Waals surface area (Å²) in [7, 11) is 3.74. The van der Waals surface area contributed by atoms with Gasteiger partial charge in [-0.15, -0.1) is 0 Å². The van der Waals surface area contributed by atoms with Gasteiger partial charge in [-0.1, -0.05) is 30.9 Å². The number of rotatable bonds is 6. The summed E-state index contributed by atoms with van der Waals surface area (Å²) in [6, 6.07) is 7.12. The maximum atomic E-state index is 15.1. The molecule has 1 saturated carbocycles. The predicted octanol–water partition coefficient (Wildman–Crippen LogP) is 5.65. The van der Waals surface area contributed by atoms with Crippen molar-refractivity contribution in [1.29, 1.82) is 0 Å². The highest BCUT2D eigenvalue weighted by molar-refractivity contribution is 6.30. The Morgan fingerprint density at radius 1 is 1.12 bits per heavy atom. The van der Waals surface area contributed by atoms with Crippen LogP contribution in [0, 0.1) is 5.82 Å². The Balaban J connectivity index is 1.58. The van der Waals surface area contributed by atoms with Crippen LogP contribution in [0.4, 0.5) is 23.4 Å². The average molecular weight is 582 g/mol. The Hall–Kier alpha value is -2.76. The number of amidine groups is 2. The van der Waals surface area contributed by atoms with Gasteiger partial charge in [-0.25, -0.2) is 19.4 Å². The molecule has 4 rings (SSSR count). The molecule has 2 fully saturated rings. The first-order valence-electron chi connectivity index (χ1n) is 13.6. The van der Waals surface area contributed by atoms with Gasteiger partial charge in [-0.05, 0) is 57.1 Å². The molecular formula is C28H36ClF4N7. The van der Waals surface area contributed by atoms with E-state index in [1.807, 2.05) is 18.9 Å². The van der Waals surface area contributed by atoms with Gasteiger partial charge in [0.15, 0.2) is 12.1 Å². The second-order valence-electron chi connectivity index (χ2n) is 10.2. The lowest BCUT2D eigenvalue weighted by Gasteiger charge is -2.38. The fourth-order valence-electron chi connectivity index (χ4n) is 5.29. The van der Waals surface area contributed by atoms with Crippen LogP contribution in [0.3, 0.4) is 0 Å². The van der Waals surface area contributed by atoms with Crippen molar-refractivity contribution in [1.82, 2.24) is 20.1 Å². The monoisotopic (exact) mass is 581 g/mol. The minimum atomic E-state index is -4.49. The lowest BCUT2D eigenvalue weighted by Crippen LogP contribution is -2.54. The smallest absolute Gasteiger partial charge is 0.360 e. The van der Waals surface area contributed by atoms with Gasteiger partial charge in [0.1, 0.15) is 17.5 Å². The average Bonchev–Trinajstić information content (AvgIpc) is 2.95. The van der Waals surface area contributed by atoms with E-state index < -0.39 is 23.8 Å². The summed E-state index contributed by atoms with van der Waals surface area (Å²) >= 11 is 6.01. The second kappa shape index (κ2) is 13.3. The molecule has 218 valence electrons. The van der Waals surface area contributed by atoms with Crippen LogP contribution < -0.4 is 10.2 Å². The van der Waals surface area contributed by atoms with Gasteiger partial charge >= 0.3 is 6.18 Å². The van der Waals surface area contributed by atoms with Crippen molar-refractivity contribution in [3.8, 4) is 0 Å². The molecule has 1 aromatic carbocycles. The number of nitrogens with one attached hydrogen (secondary N) is 1. The molecule has 2 aliphatic rings. The van der Waals surface area contributed by atoms with Crippen LogP contribution >= 0.6 is 11.6 Å². The maximum absolute atomic E-state index is 15.1. The molecule has 1 atom stereocenters. The number of benzene rings is 1. The van der Waals surface area contributed by atoms with Crippen LogP contribution in [-0.4, -0.2) is 79.1 Å². The van der Waals surface area contributed by atoms with Gasteiger partial charge < -0.3 is 9.80 Å². The summed E-state index contributed by atoms with van der Waals surface area (Å²) < 4.78 is 55.7. The number of halogens is 5. The SMILES string of the molecule is CNC(/N=C(\N=C(C)N(C)C1CCCCC1)c1ccc(Cl)cc1F)N1CCN(c2ncccc2C(F)(F)F)CC1. The quantitative estimate of drug-likeness (QED) is 0.272. The topological polar surface area (TPSA) is 59.4 Å².